The number of esters is 1. The fourth-order valence-corrected chi connectivity index (χ4v) is 2.35. The standard InChI is InChI=1S/C19H34O4/c1-3-5-7-8-9-10-16-19(22)23-17(13-6-4-2)14-11-12-15-18(20)21/h7-8,17H,3-6,9-16H2,1-2H3,(H,20,21)/b8-7+. The van der Waals surface area contributed by atoms with Gasteiger partial charge < -0.3 is 9.84 Å². The van der Waals surface area contributed by atoms with Crippen LogP contribution in [0.4, 0.5) is 0 Å². The maximum atomic E-state index is 11.9. The second-order valence-corrected chi connectivity index (χ2v) is 6.05. The summed E-state index contributed by atoms with van der Waals surface area (Å²) in [6.07, 6.45) is 14.1. The van der Waals surface area contributed by atoms with E-state index in [0.717, 1.165) is 57.8 Å². The lowest BCUT2D eigenvalue weighted by Gasteiger charge is -2.17. The summed E-state index contributed by atoms with van der Waals surface area (Å²) in [5, 5.41) is 8.65. The summed E-state index contributed by atoms with van der Waals surface area (Å²) in [5.74, 6) is -0.878. The molecule has 0 saturated carbocycles. The van der Waals surface area contributed by atoms with Crippen LogP contribution in [0.3, 0.4) is 0 Å². The highest BCUT2D eigenvalue weighted by atomic mass is 16.5. The summed E-state index contributed by atoms with van der Waals surface area (Å²) in [4.78, 5) is 22.4. The van der Waals surface area contributed by atoms with Crippen LogP contribution in [0.15, 0.2) is 12.2 Å². The van der Waals surface area contributed by atoms with Crippen LogP contribution in [0.5, 0.6) is 0 Å². The predicted molar refractivity (Wildman–Crippen MR) is 93.4 cm³/mol. The summed E-state index contributed by atoms with van der Waals surface area (Å²) in [7, 11) is 0. The van der Waals surface area contributed by atoms with Crippen molar-refractivity contribution in [3.8, 4) is 0 Å². The minimum atomic E-state index is -0.761. The Balaban J connectivity index is 3.94. The van der Waals surface area contributed by atoms with E-state index in [1.54, 1.807) is 0 Å². The molecule has 0 aliphatic heterocycles. The molecular formula is C19H34O4. The van der Waals surface area contributed by atoms with Gasteiger partial charge in [-0.05, 0) is 44.9 Å². The summed E-state index contributed by atoms with van der Waals surface area (Å²) >= 11 is 0. The van der Waals surface area contributed by atoms with E-state index in [1.807, 2.05) is 0 Å². The summed E-state index contributed by atoms with van der Waals surface area (Å²) in [6.45, 7) is 4.26. The normalized spacial score (nSPS) is 12.4. The maximum absolute atomic E-state index is 11.9. The Labute approximate surface area is 141 Å². The van der Waals surface area contributed by atoms with E-state index in [9.17, 15) is 9.59 Å². The maximum Gasteiger partial charge on any atom is 0.306 e. The summed E-state index contributed by atoms with van der Waals surface area (Å²) in [6, 6.07) is 0. The van der Waals surface area contributed by atoms with E-state index in [0.29, 0.717) is 12.8 Å². The quantitative estimate of drug-likeness (QED) is 0.253. The van der Waals surface area contributed by atoms with Crippen LogP contribution in [0.2, 0.25) is 0 Å². The van der Waals surface area contributed by atoms with Gasteiger partial charge in [-0.1, -0.05) is 45.3 Å². The smallest absolute Gasteiger partial charge is 0.306 e. The fourth-order valence-electron chi connectivity index (χ4n) is 2.35. The zero-order valence-corrected chi connectivity index (χ0v) is 14.9. The SMILES string of the molecule is CCC/C=C/CCCC(=O)OC(CCCC)CCCCC(=O)O. The zero-order valence-electron chi connectivity index (χ0n) is 14.9. The monoisotopic (exact) mass is 326 g/mol. The molecule has 0 spiro atoms. The van der Waals surface area contributed by atoms with Crippen molar-refractivity contribution < 1.29 is 19.4 Å². The van der Waals surface area contributed by atoms with Crippen molar-refractivity contribution in [1.82, 2.24) is 0 Å². The molecule has 1 N–H and O–H groups in total. The second kappa shape index (κ2) is 15.6. The van der Waals surface area contributed by atoms with Crippen LogP contribution in [0, 0.1) is 0 Å². The molecule has 0 heterocycles. The van der Waals surface area contributed by atoms with Gasteiger partial charge in [0.25, 0.3) is 0 Å². The molecule has 0 aromatic carbocycles. The number of hydrogen-bond acceptors (Lipinski definition) is 3. The molecule has 0 fully saturated rings. The minimum Gasteiger partial charge on any atom is -0.481 e. The number of carboxylic acids is 1. The van der Waals surface area contributed by atoms with Crippen LogP contribution in [-0.2, 0) is 14.3 Å². The Hall–Kier alpha value is -1.32. The molecule has 1 atom stereocenters. The van der Waals surface area contributed by atoms with E-state index in [1.165, 1.54) is 0 Å². The molecule has 0 bridgehead atoms. The highest BCUT2D eigenvalue weighted by Gasteiger charge is 2.14. The van der Waals surface area contributed by atoms with Gasteiger partial charge in [0.1, 0.15) is 6.10 Å². The van der Waals surface area contributed by atoms with Crippen molar-refractivity contribution in [2.45, 2.75) is 97.0 Å². The Bertz CT molecular complexity index is 336. The molecule has 0 aromatic heterocycles. The molecule has 0 amide bonds. The van der Waals surface area contributed by atoms with Crippen molar-refractivity contribution in [3.05, 3.63) is 12.2 Å². The first-order valence-electron chi connectivity index (χ1n) is 9.16. The molecule has 4 heteroatoms. The summed E-state index contributed by atoms with van der Waals surface area (Å²) < 4.78 is 5.58. The van der Waals surface area contributed by atoms with E-state index in [4.69, 9.17) is 9.84 Å². The molecule has 4 nitrogen and oxygen atoms in total. The van der Waals surface area contributed by atoms with E-state index in [2.05, 4.69) is 26.0 Å². The van der Waals surface area contributed by atoms with E-state index < -0.39 is 5.97 Å². The van der Waals surface area contributed by atoms with Crippen LogP contribution < -0.4 is 0 Å². The lowest BCUT2D eigenvalue weighted by Crippen LogP contribution is -2.18. The Morgan fingerprint density at radius 3 is 2.26 bits per heavy atom. The first kappa shape index (κ1) is 21.7. The third-order valence-electron chi connectivity index (χ3n) is 3.72. The van der Waals surface area contributed by atoms with Crippen LogP contribution in [0.25, 0.3) is 0 Å². The summed E-state index contributed by atoms with van der Waals surface area (Å²) in [5.41, 5.74) is 0. The first-order valence-corrected chi connectivity index (χ1v) is 9.16. The average molecular weight is 326 g/mol. The first-order chi connectivity index (χ1) is 11.1. The van der Waals surface area contributed by atoms with Crippen molar-refractivity contribution in [3.63, 3.8) is 0 Å². The third-order valence-corrected chi connectivity index (χ3v) is 3.72. The lowest BCUT2D eigenvalue weighted by atomic mass is 10.0. The van der Waals surface area contributed by atoms with Crippen molar-refractivity contribution in [2.75, 3.05) is 0 Å². The fraction of sp³-hybridized carbons (Fsp3) is 0.789. The molecule has 0 aromatic rings. The molecule has 0 rings (SSSR count). The van der Waals surface area contributed by atoms with Crippen molar-refractivity contribution in [1.29, 1.82) is 0 Å². The zero-order chi connectivity index (χ0) is 17.3. The number of carboxylic acid groups (broad SMARTS) is 1. The number of rotatable bonds is 15. The number of aliphatic carboxylic acids is 1. The van der Waals surface area contributed by atoms with Gasteiger partial charge in [-0.3, -0.25) is 9.59 Å². The molecule has 0 radical (unpaired) electrons. The molecule has 1 unspecified atom stereocenters. The molecule has 0 saturated heterocycles. The van der Waals surface area contributed by atoms with Crippen LogP contribution in [0.1, 0.15) is 90.9 Å². The van der Waals surface area contributed by atoms with Gasteiger partial charge in [-0.2, -0.15) is 0 Å². The molecule has 0 aliphatic rings. The third kappa shape index (κ3) is 15.4. The highest BCUT2D eigenvalue weighted by Crippen LogP contribution is 2.15. The van der Waals surface area contributed by atoms with Gasteiger partial charge in [-0.25, -0.2) is 0 Å². The lowest BCUT2D eigenvalue weighted by molar-refractivity contribution is -0.150. The van der Waals surface area contributed by atoms with Crippen molar-refractivity contribution >= 4 is 11.9 Å². The number of allylic oxidation sites excluding steroid dienone is 2. The molecule has 0 aliphatic carbocycles. The van der Waals surface area contributed by atoms with Gasteiger partial charge >= 0.3 is 11.9 Å². The Morgan fingerprint density at radius 2 is 1.61 bits per heavy atom. The number of carbonyl (C=O) groups is 2. The largest absolute Gasteiger partial charge is 0.481 e. The van der Waals surface area contributed by atoms with Gasteiger partial charge in [-0.15, -0.1) is 0 Å². The average Bonchev–Trinajstić information content (AvgIpc) is 2.52. The van der Waals surface area contributed by atoms with E-state index in [-0.39, 0.29) is 18.5 Å². The van der Waals surface area contributed by atoms with E-state index >= 15 is 0 Å². The van der Waals surface area contributed by atoms with Gasteiger partial charge in [0.2, 0.25) is 0 Å². The Morgan fingerprint density at radius 1 is 0.913 bits per heavy atom. The molecule has 23 heavy (non-hydrogen) atoms. The number of hydrogen-bond donors (Lipinski definition) is 1. The number of unbranched alkanes of at least 4 members (excludes halogenated alkanes) is 4. The van der Waals surface area contributed by atoms with Gasteiger partial charge in [0.15, 0.2) is 0 Å². The Kier molecular flexibility index (Phi) is 14.7. The predicted octanol–water partition coefficient (Wildman–Crippen LogP) is 5.26. The highest BCUT2D eigenvalue weighted by molar-refractivity contribution is 5.69. The second-order valence-electron chi connectivity index (χ2n) is 6.05. The van der Waals surface area contributed by atoms with Crippen LogP contribution >= 0.6 is 0 Å². The molecular weight excluding hydrogens is 292 g/mol. The minimum absolute atomic E-state index is 0.0492. The topological polar surface area (TPSA) is 63.6 Å². The van der Waals surface area contributed by atoms with Gasteiger partial charge in [0.05, 0.1) is 0 Å². The number of carbonyl (C=O) groups excluding carboxylic acids is 1. The number of ether oxygens (including phenoxy) is 1. The van der Waals surface area contributed by atoms with Crippen LogP contribution in [-0.4, -0.2) is 23.1 Å². The van der Waals surface area contributed by atoms with Gasteiger partial charge in [0, 0.05) is 12.8 Å². The van der Waals surface area contributed by atoms with Crippen molar-refractivity contribution in [2.24, 2.45) is 0 Å². The molecule has 134 valence electrons.